The van der Waals surface area contributed by atoms with E-state index in [0.29, 0.717) is 0 Å². The van der Waals surface area contributed by atoms with Gasteiger partial charge >= 0.3 is 0 Å². The highest BCUT2D eigenvalue weighted by atomic mass is 32.1. The van der Waals surface area contributed by atoms with Crippen LogP contribution in [0.3, 0.4) is 0 Å². The van der Waals surface area contributed by atoms with Crippen LogP contribution < -0.4 is 0 Å². The van der Waals surface area contributed by atoms with Crippen LogP contribution in [-0.4, -0.2) is 0 Å². The Bertz CT molecular complexity index is 38.4. The average Bonchev–Trinajstić information content (AvgIpc) is 2.54. The van der Waals surface area contributed by atoms with E-state index in [1.165, 1.54) is 0 Å². The van der Waals surface area contributed by atoms with Gasteiger partial charge in [0.25, 0.3) is 0 Å². The van der Waals surface area contributed by atoms with E-state index >= 15 is 0 Å². The smallest absolute Gasteiger partial charge is 0.106 e. The highest BCUT2D eigenvalue weighted by molar-refractivity contribution is 7.59. The zero-order chi connectivity index (χ0) is 16.0. The van der Waals surface area contributed by atoms with Gasteiger partial charge in [0, 0.05) is 0 Å². The van der Waals surface area contributed by atoms with Gasteiger partial charge in [0.2, 0.25) is 0 Å². The summed E-state index contributed by atoms with van der Waals surface area (Å²) in [5.41, 5.74) is 0. The monoisotopic (exact) mass is 360 g/mol. The molecule has 0 aliphatic heterocycles. The molecule has 0 nitrogen and oxygen atoms in total. The maximum atomic E-state index is 3.00. The molecule has 0 N–H and O–H groups in total. The van der Waals surface area contributed by atoms with Crippen LogP contribution in [0.5, 0.6) is 0 Å². The molecule has 0 aliphatic rings. The van der Waals surface area contributed by atoms with Crippen molar-refractivity contribution in [2.45, 2.75) is 0 Å². The molecule has 0 atom stereocenters. The van der Waals surface area contributed by atoms with Gasteiger partial charge in [-0.2, -0.15) is 54.0 Å². The molecule has 4 heteroatoms. The summed E-state index contributed by atoms with van der Waals surface area (Å²) in [4.78, 5) is 0. The van der Waals surface area contributed by atoms with Crippen molar-refractivity contribution in [2.24, 2.45) is 0 Å². The Morgan fingerprint density at radius 3 is 0.150 bits per heavy atom. The zero-order valence-electron chi connectivity index (χ0n) is 13.3. The molecule has 0 saturated heterocycles. The standard InChI is InChI=1S/8C2H4.4H2S/c8*1-2;;;;/h8*1-2H2;4*1H2. The Kier molecular flexibility index (Phi) is 71900. The maximum Gasteiger partial charge on any atom is -0.106 e. The molecule has 0 amide bonds. The first-order valence-electron chi connectivity index (χ1n) is 4.00. The van der Waals surface area contributed by atoms with Gasteiger partial charge in [0.05, 0.1) is 0 Å². The summed E-state index contributed by atoms with van der Waals surface area (Å²) in [7, 11) is 0. The number of hydrogen-bond donors (Lipinski definition) is 0. The van der Waals surface area contributed by atoms with Gasteiger partial charge in [-0.3, -0.25) is 0 Å². The predicted molar refractivity (Wildman–Crippen MR) is 132 cm³/mol. The van der Waals surface area contributed by atoms with Crippen molar-refractivity contribution < 1.29 is 0 Å². The van der Waals surface area contributed by atoms with Gasteiger partial charge < -0.3 is 0 Å². The molecule has 0 aromatic carbocycles. The summed E-state index contributed by atoms with van der Waals surface area (Å²) in [6.45, 7) is 48.0. The van der Waals surface area contributed by atoms with Crippen LogP contribution in [0.25, 0.3) is 0 Å². The molecule has 0 aliphatic carbocycles. The quantitative estimate of drug-likeness (QED) is 0.413. The van der Waals surface area contributed by atoms with Crippen molar-refractivity contribution in [3.05, 3.63) is 105 Å². The molecule has 0 aromatic heterocycles. The molecule has 20 heavy (non-hydrogen) atoms. The summed E-state index contributed by atoms with van der Waals surface area (Å²) in [6.07, 6.45) is 0. The maximum absolute atomic E-state index is 3.00. The SMILES string of the molecule is C=C.C=C.C=C.C=C.C=C.C=C.C=C.C=C.S.S.S.S. The average molecular weight is 361 g/mol. The van der Waals surface area contributed by atoms with Crippen molar-refractivity contribution in [3.63, 3.8) is 0 Å². The molecule has 0 saturated carbocycles. The van der Waals surface area contributed by atoms with Gasteiger partial charge in [-0.25, -0.2) is 0 Å². The van der Waals surface area contributed by atoms with Gasteiger partial charge in [-0.05, 0) is 0 Å². The number of rotatable bonds is 0. The summed E-state index contributed by atoms with van der Waals surface area (Å²) in [5.74, 6) is 0. The van der Waals surface area contributed by atoms with Gasteiger partial charge in [0.1, 0.15) is 0 Å². The van der Waals surface area contributed by atoms with E-state index in [0.717, 1.165) is 0 Å². The van der Waals surface area contributed by atoms with Gasteiger partial charge in [-0.15, -0.1) is 105 Å². The molecule has 0 spiro atoms. The lowest BCUT2D eigenvalue weighted by Crippen LogP contribution is -0.552. The molecule has 0 unspecified atom stereocenters. The van der Waals surface area contributed by atoms with Crippen LogP contribution in [0.1, 0.15) is 0 Å². The number of hydrogen-bond acceptors (Lipinski definition) is 0. The van der Waals surface area contributed by atoms with E-state index in [9.17, 15) is 0 Å². The Balaban J connectivity index is -0.00000000356. The van der Waals surface area contributed by atoms with Crippen molar-refractivity contribution in [1.82, 2.24) is 0 Å². The van der Waals surface area contributed by atoms with E-state index in [1.54, 1.807) is 0 Å². The van der Waals surface area contributed by atoms with E-state index < -0.39 is 0 Å². The minimum Gasteiger partial charge on any atom is -0.197 e. The van der Waals surface area contributed by atoms with Crippen LogP contribution in [-0.2, 0) is 0 Å². The van der Waals surface area contributed by atoms with E-state index in [1.807, 2.05) is 0 Å². The molecular formula is C16H40S4. The third-order valence-electron chi connectivity index (χ3n) is 0. The third kappa shape index (κ3) is 9980. The van der Waals surface area contributed by atoms with E-state index in [4.69, 9.17) is 0 Å². The summed E-state index contributed by atoms with van der Waals surface area (Å²) in [6, 6.07) is 0. The second-order valence-electron chi connectivity index (χ2n) is 0. The second-order valence-corrected chi connectivity index (χ2v) is 0. The van der Waals surface area contributed by atoms with Crippen molar-refractivity contribution in [1.29, 1.82) is 0 Å². The van der Waals surface area contributed by atoms with Crippen molar-refractivity contribution >= 4 is 54.0 Å². The lowest BCUT2D eigenvalue weighted by atomic mass is 11.3. The first-order valence-corrected chi connectivity index (χ1v) is 4.00. The molecule has 0 aromatic rings. The molecule has 0 rings (SSSR count). The first-order chi connectivity index (χ1) is 8.00. The lowest BCUT2D eigenvalue weighted by molar-refractivity contribution is 2.81. The largest absolute Gasteiger partial charge is 0.197 e. The summed E-state index contributed by atoms with van der Waals surface area (Å²) < 4.78 is 0. The van der Waals surface area contributed by atoms with Crippen LogP contribution in [0.2, 0.25) is 0 Å². The molecule has 0 fully saturated rings. The Morgan fingerprint density at radius 2 is 0.150 bits per heavy atom. The fourth-order valence-corrected chi connectivity index (χ4v) is 0. The van der Waals surface area contributed by atoms with Crippen molar-refractivity contribution in [3.8, 4) is 0 Å². The minimum atomic E-state index is 0. The van der Waals surface area contributed by atoms with Crippen LogP contribution in [0.15, 0.2) is 105 Å². The van der Waals surface area contributed by atoms with Gasteiger partial charge in [-0.1, -0.05) is 0 Å². The van der Waals surface area contributed by atoms with Crippen molar-refractivity contribution in [2.75, 3.05) is 0 Å². The molecule has 0 bridgehead atoms. The molecular weight excluding hydrogens is 320 g/mol. The predicted octanol–water partition coefficient (Wildman–Crippen LogP) is 6.87. The fourth-order valence-electron chi connectivity index (χ4n) is 0. The Hall–Kier alpha value is -0.680. The lowest BCUT2D eigenvalue weighted by Gasteiger charge is -0.813. The topological polar surface area (TPSA) is 0 Å². The van der Waals surface area contributed by atoms with Crippen LogP contribution in [0, 0.1) is 0 Å². The van der Waals surface area contributed by atoms with Gasteiger partial charge in [0.15, 0.2) is 0 Å². The minimum absolute atomic E-state index is 0. The normalized spacial score (nSPS) is 1.60. The summed E-state index contributed by atoms with van der Waals surface area (Å²) >= 11 is 0. The first kappa shape index (κ1) is 121. The van der Waals surface area contributed by atoms with Crippen LogP contribution >= 0.6 is 54.0 Å². The molecule has 0 radical (unpaired) electrons. The van der Waals surface area contributed by atoms with E-state index in [2.05, 4.69) is 105 Å². The Morgan fingerprint density at radius 1 is 0.150 bits per heavy atom. The zero-order valence-corrected chi connectivity index (χ0v) is 17.3. The Labute approximate surface area is 159 Å². The van der Waals surface area contributed by atoms with Crippen LogP contribution in [0.4, 0.5) is 0 Å². The van der Waals surface area contributed by atoms with E-state index in [-0.39, 0.29) is 54.0 Å². The third-order valence-corrected chi connectivity index (χ3v) is 0. The molecule has 128 valence electrons. The summed E-state index contributed by atoms with van der Waals surface area (Å²) in [5, 5.41) is 0. The second kappa shape index (κ2) is 11900. The molecule has 0 heterocycles. The fraction of sp³-hybridized carbons (Fsp3) is 0. The highest BCUT2D eigenvalue weighted by Gasteiger charge is 0.615. The highest BCUT2D eigenvalue weighted by Crippen LogP contribution is 0.876.